The number of carbonyl (C=O) groups is 1. The number of piperazine rings is 1. The lowest BCUT2D eigenvalue weighted by atomic mass is 10.0. The van der Waals surface area contributed by atoms with Gasteiger partial charge in [-0.3, -0.25) is 19.1 Å². The minimum Gasteiger partial charge on any atom is -0.368 e. The van der Waals surface area contributed by atoms with E-state index in [1.165, 1.54) is 23.9 Å². The Bertz CT molecular complexity index is 1390. The normalized spacial score (nSPS) is 16.8. The Kier molecular flexibility index (Phi) is 10.0. The molecule has 7 nitrogen and oxygen atoms in total. The Morgan fingerprint density at radius 2 is 1.65 bits per heavy atom. The van der Waals surface area contributed by atoms with Crippen LogP contribution in [-0.4, -0.2) is 52.4 Å². The van der Waals surface area contributed by atoms with Crippen LogP contribution in [0.15, 0.2) is 34.0 Å². The van der Waals surface area contributed by atoms with Crippen molar-refractivity contribution in [3.8, 4) is 6.07 Å². The number of nitriles is 1. The van der Waals surface area contributed by atoms with Crippen LogP contribution in [0.1, 0.15) is 62.6 Å². The molecule has 1 aromatic carbocycles. The quantitative estimate of drug-likeness (QED) is 0.203. The molecule has 2 aliphatic rings. The molecule has 0 spiro atoms. The van der Waals surface area contributed by atoms with Gasteiger partial charge in [0.15, 0.2) is 0 Å². The van der Waals surface area contributed by atoms with Crippen molar-refractivity contribution < 1.29 is 9.18 Å². The first-order valence-electron chi connectivity index (χ1n) is 14.0. The molecule has 0 unspecified atom stereocenters. The number of unbranched alkanes of at least 4 members (excludes halogenated alkanes) is 3. The molecular formula is C30H36FN5O2S2. The number of benzene rings is 1. The fourth-order valence-corrected chi connectivity index (χ4v) is 6.47. The molecule has 0 atom stereocenters. The number of aromatic nitrogens is 1. The van der Waals surface area contributed by atoms with E-state index in [2.05, 4.69) is 29.7 Å². The largest absolute Gasteiger partial charge is 0.368 e. The Morgan fingerprint density at radius 3 is 2.27 bits per heavy atom. The number of halogens is 1. The van der Waals surface area contributed by atoms with Gasteiger partial charge in [-0.1, -0.05) is 57.1 Å². The predicted octanol–water partition coefficient (Wildman–Crippen LogP) is 5.69. The van der Waals surface area contributed by atoms with E-state index in [-0.39, 0.29) is 22.8 Å². The highest BCUT2D eigenvalue weighted by atomic mass is 32.2. The van der Waals surface area contributed by atoms with Crippen LogP contribution in [0.2, 0.25) is 0 Å². The maximum Gasteiger partial charge on any atom is 0.270 e. The highest BCUT2D eigenvalue weighted by Gasteiger charge is 2.33. The summed E-state index contributed by atoms with van der Waals surface area (Å²) >= 11 is 6.83. The zero-order valence-corrected chi connectivity index (χ0v) is 25.0. The van der Waals surface area contributed by atoms with Gasteiger partial charge in [0.1, 0.15) is 27.6 Å². The van der Waals surface area contributed by atoms with Crippen LogP contribution in [0, 0.1) is 24.1 Å². The third-order valence-electron chi connectivity index (χ3n) is 7.49. The number of thiocarbonyl (C=S) groups is 1. The van der Waals surface area contributed by atoms with E-state index < -0.39 is 0 Å². The Hall–Kier alpha value is -3.16. The average molecular weight is 582 g/mol. The molecule has 2 saturated heterocycles. The summed E-state index contributed by atoms with van der Waals surface area (Å²) in [6, 6.07) is 8.61. The number of pyridine rings is 1. The molecule has 1 aromatic heterocycles. The lowest BCUT2D eigenvalue weighted by Gasteiger charge is -2.39. The number of thioether (sulfide) groups is 1. The van der Waals surface area contributed by atoms with Crippen LogP contribution in [0.4, 0.5) is 15.9 Å². The average Bonchev–Trinajstić information content (AvgIpc) is 3.22. The van der Waals surface area contributed by atoms with Gasteiger partial charge in [0.2, 0.25) is 0 Å². The Morgan fingerprint density at radius 1 is 1.00 bits per heavy atom. The van der Waals surface area contributed by atoms with Gasteiger partial charge in [-0.15, -0.1) is 0 Å². The van der Waals surface area contributed by atoms with E-state index in [0.717, 1.165) is 49.2 Å². The van der Waals surface area contributed by atoms with Crippen molar-refractivity contribution in [1.82, 2.24) is 9.47 Å². The third kappa shape index (κ3) is 6.26. The molecular weight excluding hydrogens is 545 g/mol. The molecule has 0 saturated carbocycles. The SMILES string of the molecule is CCCCCN1C(=O)/C(=C\c2c(C)c(C#N)c(=O)n(CCCC)c2N2CCN(c3ccc(F)cc3)CC2)SC1=S. The van der Waals surface area contributed by atoms with Gasteiger partial charge in [0.05, 0.1) is 4.91 Å². The van der Waals surface area contributed by atoms with Gasteiger partial charge in [-0.2, -0.15) is 5.26 Å². The van der Waals surface area contributed by atoms with E-state index in [9.17, 15) is 19.2 Å². The number of amides is 1. The van der Waals surface area contributed by atoms with Crippen molar-refractivity contribution in [3.63, 3.8) is 0 Å². The maximum absolute atomic E-state index is 13.6. The fraction of sp³-hybridized carbons (Fsp3) is 0.467. The van der Waals surface area contributed by atoms with Crippen LogP contribution in [0.3, 0.4) is 0 Å². The van der Waals surface area contributed by atoms with E-state index in [4.69, 9.17) is 12.2 Å². The third-order valence-corrected chi connectivity index (χ3v) is 8.86. The second kappa shape index (κ2) is 13.5. The van der Waals surface area contributed by atoms with Gasteiger partial charge >= 0.3 is 0 Å². The van der Waals surface area contributed by atoms with Crippen molar-refractivity contribution in [3.05, 3.63) is 62.0 Å². The Labute approximate surface area is 245 Å². The first kappa shape index (κ1) is 29.8. The van der Waals surface area contributed by atoms with Crippen molar-refractivity contribution in [2.75, 3.05) is 42.5 Å². The summed E-state index contributed by atoms with van der Waals surface area (Å²) in [5.74, 6) is 0.350. The van der Waals surface area contributed by atoms with Gasteiger partial charge in [0.25, 0.3) is 11.5 Å². The number of anilines is 2. The van der Waals surface area contributed by atoms with Crippen LogP contribution < -0.4 is 15.4 Å². The number of nitrogens with zero attached hydrogens (tertiary/aromatic N) is 5. The number of rotatable bonds is 10. The summed E-state index contributed by atoms with van der Waals surface area (Å²) in [7, 11) is 0. The highest BCUT2D eigenvalue weighted by Crippen LogP contribution is 2.36. The summed E-state index contributed by atoms with van der Waals surface area (Å²) in [6.45, 7) is 9.68. The van der Waals surface area contributed by atoms with Crippen LogP contribution >= 0.6 is 24.0 Å². The number of hydrogen-bond acceptors (Lipinski definition) is 7. The molecule has 0 bridgehead atoms. The summed E-state index contributed by atoms with van der Waals surface area (Å²) in [6.07, 6.45) is 6.48. The first-order valence-corrected chi connectivity index (χ1v) is 15.2. The summed E-state index contributed by atoms with van der Waals surface area (Å²) in [4.78, 5) is 33.5. The Balaban J connectivity index is 1.75. The monoisotopic (exact) mass is 581 g/mol. The molecule has 10 heteroatoms. The molecule has 2 aromatic rings. The van der Waals surface area contributed by atoms with Gasteiger partial charge in [-0.25, -0.2) is 4.39 Å². The minimum absolute atomic E-state index is 0.106. The fourth-order valence-electron chi connectivity index (χ4n) is 5.18. The molecule has 0 aliphatic carbocycles. The van der Waals surface area contributed by atoms with Crippen LogP contribution in [0.25, 0.3) is 6.08 Å². The molecule has 212 valence electrons. The zero-order chi connectivity index (χ0) is 28.8. The molecule has 3 heterocycles. The zero-order valence-electron chi connectivity index (χ0n) is 23.4. The van der Waals surface area contributed by atoms with Crippen LogP contribution in [-0.2, 0) is 11.3 Å². The van der Waals surface area contributed by atoms with Gasteiger partial charge < -0.3 is 9.80 Å². The molecule has 2 fully saturated rings. The van der Waals surface area contributed by atoms with Crippen molar-refractivity contribution in [2.24, 2.45) is 0 Å². The van der Waals surface area contributed by atoms with Crippen molar-refractivity contribution >= 4 is 51.8 Å². The smallest absolute Gasteiger partial charge is 0.270 e. The first-order chi connectivity index (χ1) is 19.3. The summed E-state index contributed by atoms with van der Waals surface area (Å²) in [5, 5.41) is 9.94. The molecule has 2 aliphatic heterocycles. The van der Waals surface area contributed by atoms with E-state index >= 15 is 0 Å². The second-order valence-electron chi connectivity index (χ2n) is 10.2. The van der Waals surface area contributed by atoms with E-state index in [0.29, 0.717) is 54.1 Å². The van der Waals surface area contributed by atoms with E-state index in [1.54, 1.807) is 28.5 Å². The lowest BCUT2D eigenvalue weighted by molar-refractivity contribution is -0.122. The van der Waals surface area contributed by atoms with Crippen molar-refractivity contribution in [2.45, 2.75) is 59.4 Å². The standard InChI is InChI=1S/C30H36FN5O2S2/c1-4-6-8-14-36-29(38)26(40-30(36)39)19-24-21(3)25(20-32)28(37)35(13-7-5-2)27(24)34-17-15-33(16-18-34)23-11-9-22(31)10-12-23/h9-12,19H,4-8,13-18H2,1-3H3/b26-19+. The minimum atomic E-state index is -0.298. The second-order valence-corrected chi connectivity index (χ2v) is 11.8. The molecule has 0 radical (unpaired) electrons. The number of carbonyl (C=O) groups excluding carboxylic acids is 1. The topological polar surface area (TPSA) is 72.6 Å². The maximum atomic E-state index is 13.6. The van der Waals surface area contributed by atoms with Gasteiger partial charge in [0, 0.05) is 50.5 Å². The highest BCUT2D eigenvalue weighted by molar-refractivity contribution is 8.26. The van der Waals surface area contributed by atoms with Gasteiger partial charge in [-0.05, 0) is 55.7 Å². The molecule has 40 heavy (non-hydrogen) atoms. The summed E-state index contributed by atoms with van der Waals surface area (Å²) < 4.78 is 15.7. The van der Waals surface area contributed by atoms with Crippen molar-refractivity contribution in [1.29, 1.82) is 5.26 Å². The number of hydrogen-bond donors (Lipinski definition) is 0. The van der Waals surface area contributed by atoms with Crippen LogP contribution in [0.5, 0.6) is 0 Å². The molecule has 1 amide bonds. The molecule has 0 N–H and O–H groups in total. The predicted molar refractivity (Wildman–Crippen MR) is 165 cm³/mol. The van der Waals surface area contributed by atoms with E-state index in [1.807, 2.05) is 6.08 Å². The lowest BCUT2D eigenvalue weighted by Crippen LogP contribution is -2.48. The molecule has 4 rings (SSSR count). The summed E-state index contributed by atoms with van der Waals surface area (Å²) in [5.41, 5.74) is 2.06.